The molecule has 0 fully saturated rings. The van der Waals surface area contributed by atoms with E-state index in [1.54, 1.807) is 0 Å². The second-order valence-corrected chi connectivity index (χ2v) is 3.19. The van der Waals surface area contributed by atoms with Crippen LogP contribution in [0.25, 0.3) is 5.57 Å². The Morgan fingerprint density at radius 3 is 2.92 bits per heavy atom. The van der Waals surface area contributed by atoms with Gasteiger partial charge in [-0.2, -0.15) is 0 Å². The molecule has 0 bridgehead atoms. The van der Waals surface area contributed by atoms with E-state index in [0.717, 1.165) is 12.0 Å². The topological polar surface area (TPSA) is 0 Å². The maximum absolute atomic E-state index is 13.2. The fraction of sp³-hybridized carbons (Fsp3) is 0.273. The lowest BCUT2D eigenvalue weighted by Crippen LogP contribution is -2.12. The maximum atomic E-state index is 13.2. The first-order valence-electron chi connectivity index (χ1n) is 4.20. The summed E-state index contributed by atoms with van der Waals surface area (Å²) >= 11 is 0. The van der Waals surface area contributed by atoms with Crippen LogP contribution in [-0.2, 0) is 6.42 Å². The van der Waals surface area contributed by atoms with Crippen molar-refractivity contribution in [2.75, 3.05) is 0 Å². The molecule has 0 heterocycles. The Kier molecular flexibility index (Phi) is 1.72. The van der Waals surface area contributed by atoms with Crippen molar-refractivity contribution < 1.29 is 4.39 Å². The molecule has 0 aliphatic heterocycles. The Hall–Kier alpha value is -1.11. The Bertz CT molecular complexity index is 315. The fourth-order valence-electron chi connectivity index (χ4n) is 1.68. The van der Waals surface area contributed by atoms with Gasteiger partial charge in [-0.15, -0.1) is 0 Å². The molecule has 0 spiro atoms. The number of aryl methyl sites for hydroxylation is 1. The molecule has 1 aliphatic carbocycles. The second kappa shape index (κ2) is 2.74. The van der Waals surface area contributed by atoms with E-state index in [1.807, 2.05) is 24.3 Å². The highest BCUT2D eigenvalue weighted by atomic mass is 19.1. The van der Waals surface area contributed by atoms with E-state index in [2.05, 4.69) is 6.58 Å². The minimum atomic E-state index is -0.833. The van der Waals surface area contributed by atoms with Crippen LogP contribution in [0.4, 0.5) is 4.39 Å². The first kappa shape index (κ1) is 7.53. The quantitative estimate of drug-likeness (QED) is 0.550. The molecule has 1 aliphatic rings. The van der Waals surface area contributed by atoms with Gasteiger partial charge in [0.2, 0.25) is 0 Å². The summed E-state index contributed by atoms with van der Waals surface area (Å²) in [5.74, 6) is 0. The SMILES string of the molecule is C=C1c2ccccc2CC[C@H]1F. The lowest BCUT2D eigenvalue weighted by Gasteiger charge is -2.21. The van der Waals surface area contributed by atoms with Crippen LogP contribution < -0.4 is 0 Å². The van der Waals surface area contributed by atoms with Gasteiger partial charge in [-0.05, 0) is 29.5 Å². The monoisotopic (exact) mass is 162 g/mol. The minimum absolute atomic E-state index is 0.593. The van der Waals surface area contributed by atoms with Crippen LogP contribution in [-0.4, -0.2) is 6.17 Å². The summed E-state index contributed by atoms with van der Waals surface area (Å²) in [4.78, 5) is 0. The molecule has 0 unspecified atom stereocenters. The van der Waals surface area contributed by atoms with E-state index in [0.29, 0.717) is 12.0 Å². The molecule has 1 aromatic rings. The smallest absolute Gasteiger partial charge is 0.125 e. The first-order chi connectivity index (χ1) is 5.79. The van der Waals surface area contributed by atoms with Gasteiger partial charge in [0.15, 0.2) is 0 Å². The van der Waals surface area contributed by atoms with Crippen molar-refractivity contribution in [3.8, 4) is 0 Å². The Morgan fingerprint density at radius 1 is 1.33 bits per heavy atom. The molecule has 0 saturated heterocycles. The van der Waals surface area contributed by atoms with Gasteiger partial charge >= 0.3 is 0 Å². The summed E-state index contributed by atoms with van der Waals surface area (Å²) in [6, 6.07) is 7.92. The van der Waals surface area contributed by atoms with Crippen LogP contribution >= 0.6 is 0 Å². The predicted molar refractivity (Wildman–Crippen MR) is 48.7 cm³/mol. The zero-order valence-corrected chi connectivity index (χ0v) is 6.89. The first-order valence-corrected chi connectivity index (χ1v) is 4.20. The van der Waals surface area contributed by atoms with E-state index in [1.165, 1.54) is 5.56 Å². The molecule has 1 heteroatoms. The maximum Gasteiger partial charge on any atom is 0.125 e. The summed E-state index contributed by atoms with van der Waals surface area (Å²) in [5.41, 5.74) is 2.89. The molecule has 0 saturated carbocycles. The van der Waals surface area contributed by atoms with Crippen LogP contribution in [0.15, 0.2) is 30.8 Å². The van der Waals surface area contributed by atoms with Crippen molar-refractivity contribution in [2.45, 2.75) is 19.0 Å². The number of hydrogen-bond acceptors (Lipinski definition) is 0. The van der Waals surface area contributed by atoms with Crippen molar-refractivity contribution in [1.82, 2.24) is 0 Å². The molecule has 12 heavy (non-hydrogen) atoms. The molecule has 1 aromatic carbocycles. The van der Waals surface area contributed by atoms with E-state index in [-0.39, 0.29) is 0 Å². The normalized spacial score (nSPS) is 22.1. The highest BCUT2D eigenvalue weighted by Crippen LogP contribution is 2.31. The van der Waals surface area contributed by atoms with Crippen LogP contribution in [0.5, 0.6) is 0 Å². The molecular formula is C11H11F. The summed E-state index contributed by atoms with van der Waals surface area (Å²) in [5, 5.41) is 0. The van der Waals surface area contributed by atoms with Crippen molar-refractivity contribution in [3.05, 3.63) is 42.0 Å². The minimum Gasteiger partial charge on any atom is -0.242 e. The highest BCUT2D eigenvalue weighted by Gasteiger charge is 2.20. The second-order valence-electron chi connectivity index (χ2n) is 3.19. The third-order valence-electron chi connectivity index (χ3n) is 2.41. The number of halogens is 1. The van der Waals surface area contributed by atoms with Crippen molar-refractivity contribution in [3.63, 3.8) is 0 Å². The van der Waals surface area contributed by atoms with Crippen molar-refractivity contribution >= 4 is 5.57 Å². The van der Waals surface area contributed by atoms with Gasteiger partial charge in [0.25, 0.3) is 0 Å². The van der Waals surface area contributed by atoms with Crippen molar-refractivity contribution in [2.24, 2.45) is 0 Å². The number of allylic oxidation sites excluding steroid dienone is 1. The van der Waals surface area contributed by atoms with Gasteiger partial charge in [-0.25, -0.2) is 4.39 Å². The standard InChI is InChI=1S/C11H11F/c1-8-10-5-3-2-4-9(10)6-7-11(8)12/h2-5,11H,1,6-7H2/t11-/m1/s1. The average molecular weight is 162 g/mol. The number of fused-ring (bicyclic) bond motifs is 1. The zero-order valence-electron chi connectivity index (χ0n) is 6.89. The van der Waals surface area contributed by atoms with Crippen molar-refractivity contribution in [1.29, 1.82) is 0 Å². The van der Waals surface area contributed by atoms with E-state index >= 15 is 0 Å². The molecule has 2 rings (SSSR count). The average Bonchev–Trinajstić information content (AvgIpc) is 2.12. The molecular weight excluding hydrogens is 151 g/mol. The molecule has 1 atom stereocenters. The highest BCUT2D eigenvalue weighted by molar-refractivity contribution is 5.70. The molecule has 0 N–H and O–H groups in total. The summed E-state index contributed by atoms with van der Waals surface area (Å²) in [6.07, 6.45) is 0.603. The van der Waals surface area contributed by atoms with Crippen LogP contribution in [0.2, 0.25) is 0 Å². The van der Waals surface area contributed by atoms with E-state index in [9.17, 15) is 4.39 Å². The molecule has 0 nitrogen and oxygen atoms in total. The van der Waals surface area contributed by atoms with Gasteiger partial charge < -0.3 is 0 Å². The summed E-state index contributed by atoms with van der Waals surface area (Å²) in [6.45, 7) is 3.76. The lowest BCUT2D eigenvalue weighted by molar-refractivity contribution is 0.383. The van der Waals surface area contributed by atoms with Gasteiger partial charge in [-0.3, -0.25) is 0 Å². The number of rotatable bonds is 0. The zero-order chi connectivity index (χ0) is 8.55. The fourth-order valence-corrected chi connectivity index (χ4v) is 1.68. The third-order valence-corrected chi connectivity index (χ3v) is 2.41. The predicted octanol–water partition coefficient (Wildman–Crippen LogP) is 2.98. The number of hydrogen-bond donors (Lipinski definition) is 0. The number of benzene rings is 1. The summed E-state index contributed by atoms with van der Waals surface area (Å²) in [7, 11) is 0. The molecule has 62 valence electrons. The Balaban J connectivity index is 2.49. The van der Waals surface area contributed by atoms with Gasteiger partial charge in [0.1, 0.15) is 6.17 Å². The third kappa shape index (κ3) is 1.06. The van der Waals surface area contributed by atoms with Gasteiger partial charge in [0, 0.05) is 0 Å². The van der Waals surface area contributed by atoms with Crippen LogP contribution in [0.1, 0.15) is 17.5 Å². The Labute approximate surface area is 71.7 Å². The number of alkyl halides is 1. The van der Waals surface area contributed by atoms with E-state index in [4.69, 9.17) is 0 Å². The molecule has 0 amide bonds. The largest absolute Gasteiger partial charge is 0.242 e. The van der Waals surface area contributed by atoms with Gasteiger partial charge in [0.05, 0.1) is 0 Å². The van der Waals surface area contributed by atoms with E-state index < -0.39 is 6.17 Å². The molecule has 0 aromatic heterocycles. The Morgan fingerprint density at radius 2 is 2.08 bits per heavy atom. The van der Waals surface area contributed by atoms with Gasteiger partial charge in [-0.1, -0.05) is 30.8 Å². The van der Waals surface area contributed by atoms with Crippen LogP contribution in [0, 0.1) is 0 Å². The molecule has 0 radical (unpaired) electrons. The lowest BCUT2D eigenvalue weighted by atomic mass is 9.87. The van der Waals surface area contributed by atoms with Crippen LogP contribution in [0.3, 0.4) is 0 Å². The summed E-state index contributed by atoms with van der Waals surface area (Å²) < 4.78 is 13.2.